The zero-order valence-corrected chi connectivity index (χ0v) is 12.6. The molecule has 112 valence electrons. The monoisotopic (exact) mass is 286 g/mol. The van der Waals surface area contributed by atoms with Gasteiger partial charge in [-0.1, -0.05) is 31.1 Å². The molecule has 0 spiro atoms. The molecule has 5 nitrogen and oxygen atoms in total. The first-order valence-corrected chi connectivity index (χ1v) is 7.29. The fourth-order valence-corrected chi connectivity index (χ4v) is 2.06. The Kier molecular flexibility index (Phi) is 5.51. The molecule has 2 aromatic rings. The molecule has 0 amide bonds. The normalized spacial score (nSPS) is 11.6. The molecule has 5 heteroatoms. The number of likely N-dealkylation sites (N-methyl/N-ethyl adjacent to an activating group) is 1. The Morgan fingerprint density at radius 3 is 2.76 bits per heavy atom. The summed E-state index contributed by atoms with van der Waals surface area (Å²) in [7, 11) is 0. The molecule has 0 aliphatic carbocycles. The second kappa shape index (κ2) is 7.59. The highest BCUT2D eigenvalue weighted by atomic mass is 16.5. The molecule has 2 rings (SSSR count). The number of hydrogen-bond donors (Lipinski definition) is 1. The summed E-state index contributed by atoms with van der Waals surface area (Å²) in [5, 5.41) is 4.00. The van der Waals surface area contributed by atoms with Gasteiger partial charge < -0.3 is 15.2 Å². The van der Waals surface area contributed by atoms with Crippen LogP contribution in [0, 0.1) is 0 Å². The van der Waals surface area contributed by atoms with Crippen molar-refractivity contribution in [3.05, 3.63) is 41.5 Å². The zero-order valence-electron chi connectivity index (χ0n) is 12.6. The fraction of sp³-hybridized carbons (Fsp3) is 0.375. The van der Waals surface area contributed by atoms with Crippen LogP contribution in [0.5, 0.6) is 0 Å². The van der Waals surface area contributed by atoms with Crippen LogP contribution >= 0.6 is 0 Å². The van der Waals surface area contributed by atoms with Gasteiger partial charge in [0, 0.05) is 24.7 Å². The Morgan fingerprint density at radius 2 is 2.05 bits per heavy atom. The number of aromatic nitrogens is 2. The van der Waals surface area contributed by atoms with Crippen molar-refractivity contribution in [1.29, 1.82) is 0 Å². The lowest BCUT2D eigenvalue weighted by Gasteiger charge is -2.16. The number of nitrogens with two attached hydrogens (primary N) is 1. The topological polar surface area (TPSA) is 68.2 Å². The number of benzene rings is 1. The van der Waals surface area contributed by atoms with Crippen LogP contribution in [-0.4, -0.2) is 34.7 Å². The Hall–Kier alpha value is -2.14. The van der Waals surface area contributed by atoms with E-state index >= 15 is 0 Å². The molecule has 21 heavy (non-hydrogen) atoms. The molecule has 0 unspecified atom stereocenters. The molecule has 0 aliphatic heterocycles. The van der Waals surface area contributed by atoms with Crippen molar-refractivity contribution in [3.63, 3.8) is 0 Å². The lowest BCUT2D eigenvalue weighted by atomic mass is 10.2. The summed E-state index contributed by atoms with van der Waals surface area (Å²) in [4.78, 5) is 6.70. The first-order valence-electron chi connectivity index (χ1n) is 7.29. The highest BCUT2D eigenvalue weighted by molar-refractivity contribution is 5.67. The summed E-state index contributed by atoms with van der Waals surface area (Å²) in [6.07, 6.45) is 4.53. The number of hydrogen-bond acceptors (Lipinski definition) is 5. The van der Waals surface area contributed by atoms with Crippen LogP contribution < -0.4 is 5.73 Å². The third kappa shape index (κ3) is 4.72. The van der Waals surface area contributed by atoms with E-state index in [4.69, 9.17) is 10.3 Å². The number of anilines is 1. The van der Waals surface area contributed by atoms with Gasteiger partial charge in [-0.25, -0.2) is 0 Å². The maximum Gasteiger partial charge on any atom is 0.250 e. The standard InChI is InChI=1S/C16H22N4O/c1-3-20(4-2)11-10-15-18-16(21-19-15)9-8-13-6-5-7-14(17)12-13/h5-9,12H,3-4,10-11,17H2,1-2H3/b9-8+. The molecular weight excluding hydrogens is 264 g/mol. The number of rotatable bonds is 7. The average Bonchev–Trinajstić information content (AvgIpc) is 2.94. The van der Waals surface area contributed by atoms with E-state index in [1.165, 1.54) is 0 Å². The fourth-order valence-electron chi connectivity index (χ4n) is 2.06. The predicted octanol–water partition coefficient (Wildman–Crippen LogP) is 2.71. The highest BCUT2D eigenvalue weighted by Gasteiger charge is 2.06. The summed E-state index contributed by atoms with van der Waals surface area (Å²) in [6.45, 7) is 7.33. The lowest BCUT2D eigenvalue weighted by molar-refractivity contribution is 0.303. The maximum atomic E-state index is 5.74. The van der Waals surface area contributed by atoms with Crippen molar-refractivity contribution in [2.45, 2.75) is 20.3 Å². The Labute approximate surface area is 125 Å². The van der Waals surface area contributed by atoms with E-state index in [2.05, 4.69) is 28.9 Å². The van der Waals surface area contributed by atoms with Gasteiger partial charge in [0.05, 0.1) is 0 Å². The van der Waals surface area contributed by atoms with Gasteiger partial charge in [0.15, 0.2) is 5.82 Å². The van der Waals surface area contributed by atoms with Crippen molar-refractivity contribution in [2.24, 2.45) is 0 Å². The van der Waals surface area contributed by atoms with E-state index in [1.54, 1.807) is 0 Å². The Morgan fingerprint density at radius 1 is 1.24 bits per heavy atom. The SMILES string of the molecule is CCN(CC)CCc1noc(/C=C/c2cccc(N)c2)n1. The van der Waals surface area contributed by atoms with Gasteiger partial charge in [-0.2, -0.15) is 4.98 Å². The summed E-state index contributed by atoms with van der Waals surface area (Å²) in [5.74, 6) is 1.26. The third-order valence-corrected chi connectivity index (χ3v) is 3.36. The third-order valence-electron chi connectivity index (χ3n) is 3.36. The van der Waals surface area contributed by atoms with Crippen LogP contribution in [0.4, 0.5) is 5.69 Å². The van der Waals surface area contributed by atoms with E-state index in [9.17, 15) is 0 Å². The van der Waals surface area contributed by atoms with Crippen LogP contribution in [0.15, 0.2) is 28.8 Å². The molecule has 0 saturated heterocycles. The van der Waals surface area contributed by atoms with E-state index in [0.717, 1.165) is 43.1 Å². The molecule has 0 bridgehead atoms. The molecule has 0 radical (unpaired) electrons. The molecular formula is C16H22N4O. The second-order valence-corrected chi connectivity index (χ2v) is 4.83. The largest absolute Gasteiger partial charge is 0.399 e. The maximum absolute atomic E-state index is 5.74. The number of nitrogen functional groups attached to an aromatic ring is 1. The van der Waals surface area contributed by atoms with Gasteiger partial charge in [-0.05, 0) is 36.9 Å². The summed E-state index contributed by atoms with van der Waals surface area (Å²) in [6, 6.07) is 7.65. The van der Waals surface area contributed by atoms with Gasteiger partial charge in [-0.15, -0.1) is 0 Å². The first kappa shape index (κ1) is 15.3. The zero-order chi connectivity index (χ0) is 15.1. The van der Waals surface area contributed by atoms with Gasteiger partial charge in [0.2, 0.25) is 0 Å². The molecule has 1 aromatic heterocycles. The lowest BCUT2D eigenvalue weighted by Crippen LogP contribution is -2.25. The first-order chi connectivity index (χ1) is 10.2. The van der Waals surface area contributed by atoms with Gasteiger partial charge in [-0.3, -0.25) is 0 Å². The van der Waals surface area contributed by atoms with Gasteiger partial charge in [0.1, 0.15) is 0 Å². The van der Waals surface area contributed by atoms with Crippen molar-refractivity contribution in [2.75, 3.05) is 25.4 Å². The molecule has 1 heterocycles. The van der Waals surface area contributed by atoms with E-state index in [0.29, 0.717) is 5.89 Å². The molecule has 2 N–H and O–H groups in total. The van der Waals surface area contributed by atoms with E-state index in [-0.39, 0.29) is 0 Å². The Balaban J connectivity index is 1.93. The minimum Gasteiger partial charge on any atom is -0.399 e. The Bertz CT molecular complexity index is 587. The predicted molar refractivity (Wildman–Crippen MR) is 85.6 cm³/mol. The van der Waals surface area contributed by atoms with Gasteiger partial charge in [0.25, 0.3) is 5.89 Å². The second-order valence-electron chi connectivity index (χ2n) is 4.83. The van der Waals surface area contributed by atoms with Crippen LogP contribution in [0.25, 0.3) is 12.2 Å². The van der Waals surface area contributed by atoms with Gasteiger partial charge >= 0.3 is 0 Å². The molecule has 0 fully saturated rings. The number of nitrogens with zero attached hydrogens (tertiary/aromatic N) is 3. The van der Waals surface area contributed by atoms with Crippen LogP contribution in [0.1, 0.15) is 31.1 Å². The highest BCUT2D eigenvalue weighted by Crippen LogP contribution is 2.10. The molecule has 0 saturated carbocycles. The van der Waals surface area contributed by atoms with Crippen LogP contribution in [0.3, 0.4) is 0 Å². The van der Waals surface area contributed by atoms with Crippen molar-refractivity contribution in [1.82, 2.24) is 15.0 Å². The van der Waals surface area contributed by atoms with Crippen molar-refractivity contribution in [3.8, 4) is 0 Å². The molecule has 0 aliphatic rings. The molecule has 0 atom stereocenters. The minimum absolute atomic E-state index is 0.520. The summed E-state index contributed by atoms with van der Waals surface area (Å²) in [5.41, 5.74) is 7.49. The van der Waals surface area contributed by atoms with Crippen LogP contribution in [-0.2, 0) is 6.42 Å². The smallest absolute Gasteiger partial charge is 0.250 e. The molecule has 1 aromatic carbocycles. The average molecular weight is 286 g/mol. The van der Waals surface area contributed by atoms with E-state index in [1.807, 2.05) is 36.4 Å². The summed E-state index contributed by atoms with van der Waals surface area (Å²) < 4.78 is 5.22. The summed E-state index contributed by atoms with van der Waals surface area (Å²) >= 11 is 0. The van der Waals surface area contributed by atoms with Crippen molar-refractivity contribution >= 4 is 17.8 Å². The van der Waals surface area contributed by atoms with Crippen LogP contribution in [0.2, 0.25) is 0 Å². The van der Waals surface area contributed by atoms with Crippen molar-refractivity contribution < 1.29 is 4.52 Å². The quantitative estimate of drug-likeness (QED) is 0.793. The van der Waals surface area contributed by atoms with E-state index < -0.39 is 0 Å². The minimum atomic E-state index is 0.520.